The molecule has 1 unspecified atom stereocenters. The Morgan fingerprint density at radius 2 is 2.07 bits per heavy atom. The normalized spacial score (nSPS) is 15.6. The van der Waals surface area contributed by atoms with Crippen molar-refractivity contribution in [2.75, 3.05) is 14.2 Å². The van der Waals surface area contributed by atoms with Crippen LogP contribution in [0.25, 0.3) is 0 Å². The van der Waals surface area contributed by atoms with Gasteiger partial charge in [-0.1, -0.05) is 0 Å². The van der Waals surface area contributed by atoms with Gasteiger partial charge in [-0.25, -0.2) is 19.2 Å². The highest BCUT2D eigenvalue weighted by atomic mass is 35.5. The number of hydrogen-bond acceptors (Lipinski definition) is 5. The number of carbonyl (C=O) groups excluding carboxylic acids is 1. The van der Waals surface area contributed by atoms with Gasteiger partial charge in [0.2, 0.25) is 5.28 Å². The zero-order chi connectivity index (χ0) is 19.8. The van der Waals surface area contributed by atoms with E-state index in [1.54, 1.807) is 43.6 Å². The van der Waals surface area contributed by atoms with E-state index in [0.717, 1.165) is 11.8 Å². The molecule has 2 aromatic heterocycles. The maximum atomic E-state index is 14.5. The van der Waals surface area contributed by atoms with Gasteiger partial charge in [-0.15, -0.1) is 0 Å². The van der Waals surface area contributed by atoms with Crippen LogP contribution < -0.4 is 9.47 Å². The molecule has 0 aliphatic carbocycles. The number of methoxy groups -OCH3 is 2. The Bertz CT molecular complexity index is 1060. The summed E-state index contributed by atoms with van der Waals surface area (Å²) in [5.74, 6) is 0.553. The zero-order valence-corrected chi connectivity index (χ0v) is 15.9. The van der Waals surface area contributed by atoms with E-state index in [0.29, 0.717) is 17.2 Å². The van der Waals surface area contributed by atoms with E-state index >= 15 is 0 Å². The first-order valence-corrected chi connectivity index (χ1v) is 8.78. The summed E-state index contributed by atoms with van der Waals surface area (Å²) in [4.78, 5) is 22.2. The van der Waals surface area contributed by atoms with Crippen molar-refractivity contribution in [3.8, 4) is 11.5 Å². The molecule has 0 fully saturated rings. The first-order valence-electron chi connectivity index (χ1n) is 8.40. The lowest BCUT2D eigenvalue weighted by Crippen LogP contribution is -2.30. The fourth-order valence-corrected chi connectivity index (χ4v) is 3.50. The summed E-state index contributed by atoms with van der Waals surface area (Å²) in [6.07, 6.45) is 2.64. The van der Waals surface area contributed by atoms with Crippen LogP contribution in [0.3, 0.4) is 0 Å². The van der Waals surface area contributed by atoms with Crippen LogP contribution in [0.1, 0.15) is 23.0 Å². The molecule has 144 valence electrons. The summed E-state index contributed by atoms with van der Waals surface area (Å²) in [5, 5.41) is -0.0872. The summed E-state index contributed by atoms with van der Waals surface area (Å²) < 4.78 is 26.6. The lowest BCUT2D eigenvalue weighted by molar-refractivity contribution is 0.195. The van der Waals surface area contributed by atoms with Crippen molar-refractivity contribution < 1.29 is 18.7 Å². The lowest BCUT2D eigenvalue weighted by atomic mass is 10.1. The number of amides is 1. The predicted molar refractivity (Wildman–Crippen MR) is 99.2 cm³/mol. The van der Waals surface area contributed by atoms with Gasteiger partial charge in [0.05, 0.1) is 32.7 Å². The highest BCUT2D eigenvalue weighted by Gasteiger charge is 2.40. The average Bonchev–Trinajstić information content (AvgIpc) is 3.27. The molecule has 7 nitrogen and oxygen atoms in total. The summed E-state index contributed by atoms with van der Waals surface area (Å²) in [6.45, 7) is 0.180. The Balaban J connectivity index is 1.78. The number of aromatic nitrogens is 3. The second kappa shape index (κ2) is 7.12. The molecule has 1 amide bonds. The quantitative estimate of drug-likeness (QED) is 0.609. The molecule has 0 spiro atoms. The van der Waals surface area contributed by atoms with E-state index in [1.807, 2.05) is 0 Å². The molecule has 0 bridgehead atoms. The smallest absolute Gasteiger partial charge is 0.329 e. The first kappa shape index (κ1) is 18.2. The van der Waals surface area contributed by atoms with Crippen molar-refractivity contribution >= 4 is 17.6 Å². The van der Waals surface area contributed by atoms with Crippen LogP contribution >= 0.6 is 11.6 Å². The maximum Gasteiger partial charge on any atom is 0.329 e. The molecule has 3 heterocycles. The number of nitrogens with zero attached hydrogens (tertiary/aromatic N) is 4. The minimum absolute atomic E-state index is 0.0401. The van der Waals surface area contributed by atoms with Crippen LogP contribution in [-0.4, -0.2) is 39.7 Å². The van der Waals surface area contributed by atoms with Crippen molar-refractivity contribution in [1.82, 2.24) is 19.4 Å². The van der Waals surface area contributed by atoms with Gasteiger partial charge in [-0.3, -0.25) is 4.57 Å². The van der Waals surface area contributed by atoms with Crippen molar-refractivity contribution in [1.29, 1.82) is 0 Å². The number of benzene rings is 1. The maximum absolute atomic E-state index is 14.5. The van der Waals surface area contributed by atoms with Gasteiger partial charge >= 0.3 is 6.03 Å². The van der Waals surface area contributed by atoms with Crippen LogP contribution in [0.4, 0.5) is 9.18 Å². The molecule has 4 rings (SSSR count). The SMILES string of the molecule is COc1ccc(CN2C(=O)n3cccc3C2c2nc(Cl)ncc2F)c(OC)c1. The second-order valence-electron chi connectivity index (χ2n) is 6.17. The van der Waals surface area contributed by atoms with Crippen LogP contribution in [0.5, 0.6) is 11.5 Å². The molecule has 3 aromatic rings. The third kappa shape index (κ3) is 2.95. The third-order valence-corrected chi connectivity index (χ3v) is 4.84. The van der Waals surface area contributed by atoms with Crippen LogP contribution in [0, 0.1) is 5.82 Å². The summed E-state index contributed by atoms with van der Waals surface area (Å²) >= 11 is 5.89. The fourth-order valence-electron chi connectivity index (χ4n) is 3.36. The molecular formula is C19H16ClFN4O3. The lowest BCUT2D eigenvalue weighted by Gasteiger charge is -2.25. The Morgan fingerprint density at radius 3 is 2.82 bits per heavy atom. The van der Waals surface area contributed by atoms with Gasteiger partial charge in [0, 0.05) is 17.8 Å². The van der Waals surface area contributed by atoms with Crippen LogP contribution in [-0.2, 0) is 6.54 Å². The van der Waals surface area contributed by atoms with E-state index in [2.05, 4.69) is 9.97 Å². The zero-order valence-electron chi connectivity index (χ0n) is 15.1. The second-order valence-corrected chi connectivity index (χ2v) is 6.50. The Labute approximate surface area is 165 Å². The summed E-state index contributed by atoms with van der Waals surface area (Å²) in [7, 11) is 3.10. The Morgan fingerprint density at radius 1 is 1.25 bits per heavy atom. The van der Waals surface area contributed by atoms with Crippen LogP contribution in [0.2, 0.25) is 5.28 Å². The van der Waals surface area contributed by atoms with Crippen molar-refractivity contribution in [3.63, 3.8) is 0 Å². The monoisotopic (exact) mass is 402 g/mol. The third-order valence-electron chi connectivity index (χ3n) is 4.66. The molecule has 9 heteroatoms. The first-order chi connectivity index (χ1) is 13.5. The topological polar surface area (TPSA) is 69.5 Å². The van der Waals surface area contributed by atoms with E-state index in [9.17, 15) is 9.18 Å². The molecular weight excluding hydrogens is 387 g/mol. The summed E-state index contributed by atoms with van der Waals surface area (Å²) in [5.41, 5.74) is 1.39. The molecule has 0 saturated heterocycles. The van der Waals surface area contributed by atoms with E-state index in [1.165, 1.54) is 16.6 Å². The number of ether oxygens (including phenoxy) is 2. The molecule has 0 N–H and O–H groups in total. The number of fused-ring (bicyclic) bond motifs is 1. The van der Waals surface area contributed by atoms with E-state index < -0.39 is 11.9 Å². The number of halogens is 2. The molecule has 0 radical (unpaired) electrons. The van der Waals surface area contributed by atoms with Gasteiger partial charge in [0.25, 0.3) is 0 Å². The van der Waals surface area contributed by atoms with Crippen molar-refractivity contribution in [2.24, 2.45) is 0 Å². The Kier molecular flexibility index (Phi) is 4.64. The predicted octanol–water partition coefficient (Wildman–Crippen LogP) is 3.66. The largest absolute Gasteiger partial charge is 0.497 e. The van der Waals surface area contributed by atoms with Crippen molar-refractivity contribution in [2.45, 2.75) is 12.6 Å². The molecule has 1 aliphatic rings. The standard InChI is InChI=1S/C19H16ClFN4O3/c1-27-12-6-5-11(15(8-12)28-2)10-25-17(14-4-3-7-24(14)19(25)26)16-13(21)9-22-18(20)23-16/h3-9,17H,10H2,1-2H3. The minimum Gasteiger partial charge on any atom is -0.497 e. The van der Waals surface area contributed by atoms with Gasteiger partial charge in [0.15, 0.2) is 5.82 Å². The summed E-state index contributed by atoms with van der Waals surface area (Å²) in [6, 6.07) is 7.75. The average molecular weight is 403 g/mol. The van der Waals surface area contributed by atoms with Crippen molar-refractivity contribution in [3.05, 3.63) is 70.8 Å². The molecule has 1 aliphatic heterocycles. The highest BCUT2D eigenvalue weighted by Crippen LogP contribution is 2.38. The number of rotatable bonds is 5. The molecule has 1 atom stereocenters. The van der Waals surface area contributed by atoms with Crippen LogP contribution in [0.15, 0.2) is 42.7 Å². The highest BCUT2D eigenvalue weighted by molar-refractivity contribution is 6.28. The fraction of sp³-hybridized carbons (Fsp3) is 0.211. The van der Waals surface area contributed by atoms with Gasteiger partial charge in [-0.05, 0) is 35.9 Å². The van der Waals surface area contributed by atoms with Gasteiger partial charge in [-0.2, -0.15) is 0 Å². The van der Waals surface area contributed by atoms with Gasteiger partial charge in [0.1, 0.15) is 23.2 Å². The number of hydrogen-bond donors (Lipinski definition) is 0. The molecule has 1 aromatic carbocycles. The van der Waals surface area contributed by atoms with E-state index in [-0.39, 0.29) is 23.6 Å². The number of carbonyl (C=O) groups is 1. The minimum atomic E-state index is -0.741. The Hall–Kier alpha value is -3.13. The molecule has 0 saturated carbocycles. The van der Waals surface area contributed by atoms with E-state index in [4.69, 9.17) is 21.1 Å². The van der Waals surface area contributed by atoms with Gasteiger partial charge < -0.3 is 14.4 Å². The molecule has 28 heavy (non-hydrogen) atoms.